The smallest absolute Gasteiger partial charge is 0.220 e. The molecule has 0 unspecified atom stereocenters. The van der Waals surface area contributed by atoms with E-state index in [9.17, 15) is 13.7 Å². The highest BCUT2D eigenvalue weighted by molar-refractivity contribution is 7.95. The number of unbranched alkanes of at least 4 members (excludes halogenated alkanes) is 1. The van der Waals surface area contributed by atoms with Gasteiger partial charge in [0.15, 0.2) is 4.91 Å². The van der Waals surface area contributed by atoms with Crippen LogP contribution in [0.4, 0.5) is 5.69 Å². The highest BCUT2D eigenvalue weighted by atomic mass is 32.2. The average Bonchev–Trinajstić information content (AvgIpc) is 2.63. The Morgan fingerprint density at radius 2 is 1.73 bits per heavy atom. The number of allylic oxidation sites excluding steroid dienone is 1. The maximum absolute atomic E-state index is 13.0. The van der Waals surface area contributed by atoms with E-state index in [-0.39, 0.29) is 15.6 Å². The maximum Gasteiger partial charge on any atom is 0.220 e. The number of hydrogen-bond acceptors (Lipinski definition) is 5. The molecule has 26 heavy (non-hydrogen) atoms. The topological polar surface area (TPSA) is 82.0 Å². The zero-order chi connectivity index (χ0) is 19.0. The third-order valence-electron chi connectivity index (χ3n) is 3.80. The summed E-state index contributed by atoms with van der Waals surface area (Å²) >= 11 is 0. The number of anilines is 1. The lowest BCUT2D eigenvalue weighted by molar-refractivity contribution is 0.602. The number of para-hydroxylation sites is 1. The summed E-state index contributed by atoms with van der Waals surface area (Å²) in [5, 5.41) is 15.7. The summed E-state index contributed by atoms with van der Waals surface area (Å²) in [6.07, 6.45) is 1.82. The number of sulfone groups is 1. The van der Waals surface area contributed by atoms with Crippen LogP contribution < -0.4 is 10.6 Å². The van der Waals surface area contributed by atoms with Gasteiger partial charge in [-0.2, -0.15) is 5.26 Å². The number of hydrogen-bond donors (Lipinski definition) is 2. The van der Waals surface area contributed by atoms with E-state index in [1.54, 1.807) is 12.1 Å². The fourth-order valence-corrected chi connectivity index (χ4v) is 3.57. The largest absolute Gasteiger partial charge is 0.370 e. The van der Waals surface area contributed by atoms with Crippen molar-refractivity contribution in [1.29, 1.82) is 5.26 Å². The summed E-state index contributed by atoms with van der Waals surface area (Å²) in [6.45, 7) is 4.50. The third-order valence-corrected chi connectivity index (χ3v) is 5.53. The highest BCUT2D eigenvalue weighted by Crippen LogP contribution is 2.22. The SMILES string of the molecule is CCCCNC(Nc1ccccc1)=C(C#N)S(=O)(=O)c1ccc(C)cc1. The molecular formula is C20H23N3O2S. The van der Waals surface area contributed by atoms with Crippen LogP contribution in [0, 0.1) is 18.3 Å². The van der Waals surface area contributed by atoms with Gasteiger partial charge in [0.1, 0.15) is 11.9 Å². The standard InChI is InChI=1S/C20H23N3O2S/c1-3-4-14-22-20(23-17-8-6-5-7-9-17)19(15-21)26(24,25)18-12-10-16(2)11-13-18/h5-13,22-23H,3-4,14H2,1-2H3. The average molecular weight is 369 g/mol. The van der Waals surface area contributed by atoms with Crippen LogP contribution in [-0.2, 0) is 9.84 Å². The maximum atomic E-state index is 13.0. The molecule has 6 heteroatoms. The molecule has 2 aromatic carbocycles. The first kappa shape index (κ1) is 19.5. The summed E-state index contributed by atoms with van der Waals surface area (Å²) in [6, 6.07) is 17.5. The lowest BCUT2D eigenvalue weighted by atomic mass is 10.2. The van der Waals surface area contributed by atoms with Crippen LogP contribution in [0.1, 0.15) is 25.3 Å². The van der Waals surface area contributed by atoms with E-state index in [2.05, 4.69) is 10.6 Å². The second-order valence-corrected chi connectivity index (χ2v) is 7.79. The first-order valence-electron chi connectivity index (χ1n) is 8.51. The molecule has 0 atom stereocenters. The molecule has 0 saturated carbocycles. The van der Waals surface area contributed by atoms with Gasteiger partial charge in [-0.3, -0.25) is 0 Å². The molecule has 0 aliphatic rings. The van der Waals surface area contributed by atoms with Crippen molar-refractivity contribution >= 4 is 15.5 Å². The molecule has 136 valence electrons. The van der Waals surface area contributed by atoms with Crippen molar-refractivity contribution in [3.8, 4) is 6.07 Å². The lowest BCUT2D eigenvalue weighted by Gasteiger charge is -2.16. The van der Waals surface area contributed by atoms with E-state index in [0.717, 1.165) is 18.4 Å². The van der Waals surface area contributed by atoms with Crippen LogP contribution in [0.2, 0.25) is 0 Å². The van der Waals surface area contributed by atoms with Crippen molar-refractivity contribution in [2.75, 3.05) is 11.9 Å². The minimum Gasteiger partial charge on any atom is -0.370 e. The Kier molecular flexibility index (Phi) is 6.81. The third kappa shape index (κ3) is 4.87. The molecule has 0 aromatic heterocycles. The Morgan fingerprint density at radius 1 is 1.08 bits per heavy atom. The fraction of sp³-hybridized carbons (Fsp3) is 0.250. The Bertz CT molecular complexity index is 896. The molecule has 0 spiro atoms. The summed E-state index contributed by atoms with van der Waals surface area (Å²) < 4.78 is 26.0. The first-order chi connectivity index (χ1) is 12.5. The molecule has 0 heterocycles. The Balaban J connectivity index is 2.48. The molecule has 0 fully saturated rings. The molecule has 2 aromatic rings. The minimum absolute atomic E-state index is 0.101. The van der Waals surface area contributed by atoms with E-state index in [0.29, 0.717) is 12.2 Å². The van der Waals surface area contributed by atoms with Crippen molar-refractivity contribution in [1.82, 2.24) is 5.32 Å². The monoisotopic (exact) mass is 369 g/mol. The van der Waals surface area contributed by atoms with E-state index in [4.69, 9.17) is 0 Å². The normalized spacial score (nSPS) is 12.0. The van der Waals surface area contributed by atoms with Gasteiger partial charge in [-0.25, -0.2) is 8.42 Å². The number of nitrogens with one attached hydrogen (secondary N) is 2. The second kappa shape index (κ2) is 9.07. The van der Waals surface area contributed by atoms with Gasteiger partial charge in [0.2, 0.25) is 9.84 Å². The van der Waals surface area contributed by atoms with Crippen LogP contribution in [0.25, 0.3) is 0 Å². The highest BCUT2D eigenvalue weighted by Gasteiger charge is 2.25. The van der Waals surface area contributed by atoms with Crippen LogP contribution >= 0.6 is 0 Å². The Labute approximate surface area is 155 Å². The number of rotatable bonds is 8. The van der Waals surface area contributed by atoms with Crippen molar-refractivity contribution in [2.24, 2.45) is 0 Å². The van der Waals surface area contributed by atoms with Crippen LogP contribution in [-0.4, -0.2) is 15.0 Å². The molecule has 0 aliphatic heterocycles. The van der Waals surface area contributed by atoms with Gasteiger partial charge in [0, 0.05) is 12.2 Å². The van der Waals surface area contributed by atoms with Crippen LogP contribution in [0.5, 0.6) is 0 Å². The quantitative estimate of drug-likeness (QED) is 0.544. The first-order valence-corrected chi connectivity index (χ1v) is 9.99. The number of nitrogens with zero attached hydrogens (tertiary/aromatic N) is 1. The molecule has 5 nitrogen and oxygen atoms in total. The molecular weight excluding hydrogens is 346 g/mol. The summed E-state index contributed by atoms with van der Waals surface area (Å²) in [7, 11) is -3.93. The number of nitriles is 1. The van der Waals surface area contributed by atoms with E-state index < -0.39 is 9.84 Å². The van der Waals surface area contributed by atoms with Gasteiger partial charge in [-0.05, 0) is 37.6 Å². The fourth-order valence-electron chi connectivity index (χ4n) is 2.32. The van der Waals surface area contributed by atoms with Gasteiger partial charge < -0.3 is 10.6 Å². The van der Waals surface area contributed by atoms with Crippen LogP contribution in [0.15, 0.2) is 70.2 Å². The van der Waals surface area contributed by atoms with Crippen molar-refractivity contribution in [3.05, 3.63) is 70.9 Å². The molecule has 0 aliphatic carbocycles. The molecule has 2 N–H and O–H groups in total. The van der Waals surface area contributed by atoms with Gasteiger partial charge in [-0.1, -0.05) is 49.2 Å². The molecule has 0 amide bonds. The Hall–Kier alpha value is -2.78. The van der Waals surface area contributed by atoms with E-state index in [1.807, 2.05) is 50.2 Å². The summed E-state index contributed by atoms with van der Waals surface area (Å²) in [4.78, 5) is -0.217. The summed E-state index contributed by atoms with van der Waals surface area (Å²) in [5.74, 6) is 0.202. The zero-order valence-electron chi connectivity index (χ0n) is 15.0. The minimum atomic E-state index is -3.93. The number of aryl methyl sites for hydroxylation is 1. The van der Waals surface area contributed by atoms with E-state index in [1.165, 1.54) is 12.1 Å². The second-order valence-electron chi connectivity index (χ2n) is 5.90. The van der Waals surface area contributed by atoms with Crippen molar-refractivity contribution in [3.63, 3.8) is 0 Å². The van der Waals surface area contributed by atoms with Gasteiger partial charge >= 0.3 is 0 Å². The molecule has 0 saturated heterocycles. The molecule has 2 rings (SSSR count). The lowest BCUT2D eigenvalue weighted by Crippen LogP contribution is -2.25. The predicted octanol–water partition coefficient (Wildman–Crippen LogP) is 3.96. The Morgan fingerprint density at radius 3 is 2.31 bits per heavy atom. The van der Waals surface area contributed by atoms with Gasteiger partial charge in [0.25, 0.3) is 0 Å². The van der Waals surface area contributed by atoms with Gasteiger partial charge in [0.05, 0.1) is 4.90 Å². The van der Waals surface area contributed by atoms with Crippen molar-refractivity contribution < 1.29 is 8.42 Å². The molecule has 0 radical (unpaired) electrons. The predicted molar refractivity (Wildman–Crippen MR) is 104 cm³/mol. The summed E-state index contributed by atoms with van der Waals surface area (Å²) in [5.41, 5.74) is 1.66. The molecule has 0 bridgehead atoms. The zero-order valence-corrected chi connectivity index (χ0v) is 15.8. The van der Waals surface area contributed by atoms with Gasteiger partial charge in [-0.15, -0.1) is 0 Å². The van der Waals surface area contributed by atoms with Crippen LogP contribution in [0.3, 0.4) is 0 Å². The number of benzene rings is 2. The van der Waals surface area contributed by atoms with E-state index >= 15 is 0 Å². The van der Waals surface area contributed by atoms with Crippen molar-refractivity contribution in [2.45, 2.75) is 31.6 Å².